The molecule has 0 amide bonds. The first kappa shape index (κ1) is 12.8. The van der Waals surface area contributed by atoms with Gasteiger partial charge in [-0.15, -0.1) is 0 Å². The van der Waals surface area contributed by atoms with Crippen LogP contribution >= 0.6 is 0 Å². The Labute approximate surface area is 99.8 Å². The summed E-state index contributed by atoms with van der Waals surface area (Å²) in [5, 5.41) is 0. The molecule has 0 aliphatic carbocycles. The number of benzene rings is 1. The van der Waals surface area contributed by atoms with Crippen LogP contribution in [0.3, 0.4) is 0 Å². The van der Waals surface area contributed by atoms with Crippen LogP contribution in [-0.4, -0.2) is 6.54 Å². The molecule has 0 N–H and O–H groups in total. The van der Waals surface area contributed by atoms with E-state index in [1.54, 1.807) is 0 Å². The molecule has 0 saturated carbocycles. The van der Waals surface area contributed by atoms with Crippen molar-refractivity contribution < 1.29 is 0 Å². The summed E-state index contributed by atoms with van der Waals surface area (Å²) in [4.78, 5) is 2.34. The first-order valence-electron chi connectivity index (χ1n) is 6.30. The Bertz CT molecular complexity index is 341. The van der Waals surface area contributed by atoms with Crippen molar-refractivity contribution in [2.75, 3.05) is 11.4 Å². The highest BCUT2D eigenvalue weighted by Crippen LogP contribution is 2.28. The third kappa shape index (κ3) is 2.88. The van der Waals surface area contributed by atoms with E-state index in [9.17, 15) is 0 Å². The molecular formula is C15H23N. The van der Waals surface area contributed by atoms with Gasteiger partial charge in [-0.1, -0.05) is 38.6 Å². The van der Waals surface area contributed by atoms with Crippen LogP contribution in [0.25, 0.3) is 0 Å². The summed E-state index contributed by atoms with van der Waals surface area (Å²) in [5.74, 6) is 0. The van der Waals surface area contributed by atoms with Crippen LogP contribution in [-0.2, 0) is 6.42 Å². The van der Waals surface area contributed by atoms with Crippen molar-refractivity contribution in [2.45, 2.75) is 40.0 Å². The maximum atomic E-state index is 4.05. The maximum absolute atomic E-state index is 4.05. The van der Waals surface area contributed by atoms with Gasteiger partial charge in [0.15, 0.2) is 0 Å². The summed E-state index contributed by atoms with van der Waals surface area (Å²) >= 11 is 0. The minimum Gasteiger partial charge on any atom is -0.346 e. The minimum atomic E-state index is 1.12. The highest BCUT2D eigenvalue weighted by atomic mass is 15.1. The molecule has 0 atom stereocenters. The lowest BCUT2D eigenvalue weighted by Gasteiger charge is -2.24. The largest absolute Gasteiger partial charge is 0.346 e. The molecule has 1 nitrogen and oxygen atoms in total. The van der Waals surface area contributed by atoms with Crippen LogP contribution in [0.5, 0.6) is 0 Å². The molecule has 1 aliphatic heterocycles. The van der Waals surface area contributed by atoms with Gasteiger partial charge in [-0.2, -0.15) is 0 Å². The SMILES string of the molecule is C=C(C)N1CCCCc2ccccc21.CC. The number of para-hydroxylation sites is 1. The fourth-order valence-corrected chi connectivity index (χ4v) is 2.09. The monoisotopic (exact) mass is 217 g/mol. The number of hydrogen-bond donors (Lipinski definition) is 0. The van der Waals surface area contributed by atoms with Gasteiger partial charge in [-0.05, 0) is 37.8 Å². The number of fused-ring (bicyclic) bond motifs is 1. The van der Waals surface area contributed by atoms with Crippen molar-refractivity contribution in [2.24, 2.45) is 0 Å². The van der Waals surface area contributed by atoms with Gasteiger partial charge in [-0.3, -0.25) is 0 Å². The molecule has 0 saturated heterocycles. The van der Waals surface area contributed by atoms with E-state index in [0.29, 0.717) is 0 Å². The third-order valence-electron chi connectivity index (χ3n) is 2.82. The average molecular weight is 217 g/mol. The summed E-state index contributed by atoms with van der Waals surface area (Å²) in [6.07, 6.45) is 3.77. The van der Waals surface area contributed by atoms with Crippen LogP contribution in [0.1, 0.15) is 39.2 Å². The van der Waals surface area contributed by atoms with Gasteiger partial charge in [0.05, 0.1) is 0 Å². The van der Waals surface area contributed by atoms with Crippen LogP contribution < -0.4 is 4.90 Å². The summed E-state index contributed by atoms with van der Waals surface area (Å²) in [6, 6.07) is 8.67. The zero-order valence-electron chi connectivity index (χ0n) is 10.8. The predicted molar refractivity (Wildman–Crippen MR) is 72.9 cm³/mol. The maximum Gasteiger partial charge on any atom is 0.0440 e. The van der Waals surface area contributed by atoms with Crippen LogP contribution in [0.15, 0.2) is 36.5 Å². The Hall–Kier alpha value is -1.24. The van der Waals surface area contributed by atoms with Gasteiger partial charge in [-0.25, -0.2) is 0 Å². The standard InChI is InChI=1S/C13H17N.C2H6/c1-11(2)14-10-6-5-8-12-7-3-4-9-13(12)14;1-2/h3-4,7,9H,1,5-6,8,10H2,2H3;1-2H3. The normalized spacial score (nSPS) is 14.3. The fraction of sp³-hybridized carbons (Fsp3) is 0.467. The van der Waals surface area contributed by atoms with Crippen molar-refractivity contribution in [3.05, 3.63) is 42.1 Å². The highest BCUT2D eigenvalue weighted by Gasteiger charge is 2.14. The molecule has 0 radical (unpaired) electrons. The van der Waals surface area contributed by atoms with Gasteiger partial charge in [0.25, 0.3) is 0 Å². The lowest BCUT2D eigenvalue weighted by Crippen LogP contribution is -2.20. The van der Waals surface area contributed by atoms with E-state index >= 15 is 0 Å². The van der Waals surface area contributed by atoms with Crippen molar-refractivity contribution >= 4 is 5.69 Å². The molecule has 0 unspecified atom stereocenters. The average Bonchev–Trinajstić information content (AvgIpc) is 2.53. The molecule has 88 valence electrons. The van der Waals surface area contributed by atoms with Crippen LogP contribution in [0.4, 0.5) is 5.69 Å². The van der Waals surface area contributed by atoms with E-state index in [2.05, 4.69) is 42.7 Å². The Morgan fingerprint density at radius 1 is 1.19 bits per heavy atom. The van der Waals surface area contributed by atoms with E-state index in [4.69, 9.17) is 0 Å². The van der Waals surface area contributed by atoms with Crippen molar-refractivity contribution in [3.8, 4) is 0 Å². The molecule has 1 heterocycles. The molecular weight excluding hydrogens is 194 g/mol. The van der Waals surface area contributed by atoms with Crippen molar-refractivity contribution in [3.63, 3.8) is 0 Å². The molecule has 1 aliphatic rings. The summed E-state index contributed by atoms with van der Waals surface area (Å²) < 4.78 is 0. The second kappa shape index (κ2) is 6.37. The summed E-state index contributed by atoms with van der Waals surface area (Å²) in [7, 11) is 0. The Balaban J connectivity index is 0.000000606. The molecule has 1 aromatic carbocycles. The molecule has 0 aromatic heterocycles. The Morgan fingerprint density at radius 2 is 1.88 bits per heavy atom. The van der Waals surface area contributed by atoms with Crippen molar-refractivity contribution in [1.29, 1.82) is 0 Å². The van der Waals surface area contributed by atoms with Gasteiger partial charge in [0.2, 0.25) is 0 Å². The number of aryl methyl sites for hydroxylation is 1. The first-order chi connectivity index (χ1) is 7.79. The zero-order valence-corrected chi connectivity index (χ0v) is 10.8. The molecule has 0 spiro atoms. The minimum absolute atomic E-state index is 1.12. The quantitative estimate of drug-likeness (QED) is 0.674. The number of hydrogen-bond acceptors (Lipinski definition) is 1. The molecule has 0 fully saturated rings. The van der Waals surface area contributed by atoms with Crippen LogP contribution in [0.2, 0.25) is 0 Å². The van der Waals surface area contributed by atoms with E-state index in [0.717, 1.165) is 12.2 Å². The second-order valence-electron chi connectivity index (χ2n) is 3.97. The molecule has 1 aromatic rings. The zero-order chi connectivity index (χ0) is 12.0. The molecule has 1 heteroatoms. The van der Waals surface area contributed by atoms with E-state index in [-0.39, 0.29) is 0 Å². The number of nitrogens with zero attached hydrogens (tertiary/aromatic N) is 1. The summed E-state index contributed by atoms with van der Waals surface area (Å²) in [5.41, 5.74) is 3.98. The third-order valence-corrected chi connectivity index (χ3v) is 2.82. The number of anilines is 1. The second-order valence-corrected chi connectivity index (χ2v) is 3.97. The van der Waals surface area contributed by atoms with Crippen LogP contribution in [0, 0.1) is 0 Å². The Kier molecular flexibility index (Phi) is 5.10. The first-order valence-corrected chi connectivity index (χ1v) is 6.30. The molecule has 2 rings (SSSR count). The lowest BCUT2D eigenvalue weighted by molar-refractivity contribution is 0.750. The van der Waals surface area contributed by atoms with Gasteiger partial charge in [0.1, 0.15) is 0 Å². The number of allylic oxidation sites excluding steroid dienone is 1. The number of rotatable bonds is 1. The Morgan fingerprint density at radius 3 is 2.56 bits per heavy atom. The fourth-order valence-electron chi connectivity index (χ4n) is 2.09. The molecule has 0 bridgehead atoms. The van der Waals surface area contributed by atoms with Gasteiger partial charge < -0.3 is 4.90 Å². The smallest absolute Gasteiger partial charge is 0.0440 e. The molecule has 16 heavy (non-hydrogen) atoms. The topological polar surface area (TPSA) is 3.24 Å². The van der Waals surface area contributed by atoms with Gasteiger partial charge >= 0.3 is 0 Å². The predicted octanol–water partition coefficient (Wildman–Crippen LogP) is 4.39. The summed E-state index contributed by atoms with van der Waals surface area (Å²) in [6.45, 7) is 11.2. The van der Waals surface area contributed by atoms with E-state index < -0.39 is 0 Å². The lowest BCUT2D eigenvalue weighted by atomic mass is 10.1. The van der Waals surface area contributed by atoms with E-state index in [1.165, 1.54) is 30.5 Å². The highest BCUT2D eigenvalue weighted by molar-refractivity contribution is 5.57. The van der Waals surface area contributed by atoms with Crippen molar-refractivity contribution in [1.82, 2.24) is 0 Å². The van der Waals surface area contributed by atoms with E-state index in [1.807, 2.05) is 13.8 Å². The van der Waals surface area contributed by atoms with Gasteiger partial charge in [0, 0.05) is 17.9 Å².